The minimum absolute atomic E-state index is 0.103. The van der Waals surface area contributed by atoms with Crippen LogP contribution in [0.1, 0.15) is 20.3 Å². The zero-order valence-corrected chi connectivity index (χ0v) is 21.3. The second-order valence-electron chi connectivity index (χ2n) is 10.5. The molecule has 1 unspecified atom stereocenters. The summed E-state index contributed by atoms with van der Waals surface area (Å²) >= 11 is 0. The summed E-state index contributed by atoms with van der Waals surface area (Å²) in [5, 5.41) is 10.0. The Hall–Kier alpha value is -2.27. The van der Waals surface area contributed by atoms with Crippen molar-refractivity contribution in [3.8, 4) is 0 Å². The van der Waals surface area contributed by atoms with Crippen LogP contribution in [0.2, 0.25) is 0 Å². The van der Waals surface area contributed by atoms with E-state index in [0.717, 1.165) is 26.1 Å². The van der Waals surface area contributed by atoms with Crippen molar-refractivity contribution < 1.29 is 29.0 Å². The second kappa shape index (κ2) is 10.2. The topological polar surface area (TPSA) is 103 Å². The van der Waals surface area contributed by atoms with Gasteiger partial charge in [0.1, 0.15) is 11.6 Å². The van der Waals surface area contributed by atoms with Crippen molar-refractivity contribution in [2.24, 2.45) is 11.8 Å². The molecule has 0 aromatic carbocycles. The van der Waals surface area contributed by atoms with E-state index in [-0.39, 0.29) is 24.3 Å². The van der Waals surface area contributed by atoms with Crippen molar-refractivity contribution in [3.63, 3.8) is 0 Å². The third kappa shape index (κ3) is 4.08. The summed E-state index contributed by atoms with van der Waals surface area (Å²) in [7, 11) is 0. The lowest BCUT2D eigenvalue weighted by atomic mass is 9.77. The number of aliphatic hydroxyl groups is 1. The molecule has 1 spiro atoms. The highest BCUT2D eigenvalue weighted by atomic mass is 16.5. The second-order valence-corrected chi connectivity index (χ2v) is 10.5. The Morgan fingerprint density at radius 3 is 2.47 bits per heavy atom. The zero-order chi connectivity index (χ0) is 25.4. The number of nitrogens with zero attached hydrogens (tertiary/aromatic N) is 4. The van der Waals surface area contributed by atoms with Crippen LogP contribution in [-0.2, 0) is 23.9 Å². The molecular weight excluding hydrogens is 464 g/mol. The zero-order valence-electron chi connectivity index (χ0n) is 21.3. The Kier molecular flexibility index (Phi) is 7.22. The highest BCUT2D eigenvalue weighted by Crippen LogP contribution is 2.53. The van der Waals surface area contributed by atoms with E-state index in [4.69, 9.17) is 9.47 Å². The fraction of sp³-hybridized carbons (Fsp3) is 0.731. The first-order valence-electron chi connectivity index (χ1n) is 13.3. The molecule has 5 aliphatic rings. The van der Waals surface area contributed by atoms with Gasteiger partial charge in [-0.3, -0.25) is 19.3 Å². The van der Waals surface area contributed by atoms with Gasteiger partial charge < -0.3 is 29.3 Å². The van der Waals surface area contributed by atoms with Crippen LogP contribution in [0.4, 0.5) is 0 Å². The van der Waals surface area contributed by atoms with Crippen LogP contribution < -0.4 is 0 Å². The summed E-state index contributed by atoms with van der Waals surface area (Å²) in [5.41, 5.74) is -1.24. The first-order chi connectivity index (χ1) is 17.4. The third-order valence-electron chi connectivity index (χ3n) is 8.29. The molecule has 36 heavy (non-hydrogen) atoms. The lowest BCUT2D eigenvalue weighted by Crippen LogP contribution is -2.58. The van der Waals surface area contributed by atoms with Gasteiger partial charge in [-0.05, 0) is 13.3 Å². The van der Waals surface area contributed by atoms with Crippen LogP contribution in [0.25, 0.3) is 0 Å². The van der Waals surface area contributed by atoms with Crippen LogP contribution >= 0.6 is 0 Å². The summed E-state index contributed by atoms with van der Waals surface area (Å²) in [6, 6.07) is -1.50. The molecule has 1 N–H and O–H groups in total. The number of hydrogen-bond donors (Lipinski definition) is 1. The van der Waals surface area contributed by atoms with Crippen LogP contribution in [0.5, 0.6) is 0 Å². The van der Waals surface area contributed by atoms with Gasteiger partial charge in [-0.25, -0.2) is 0 Å². The van der Waals surface area contributed by atoms with Crippen molar-refractivity contribution in [2.75, 3.05) is 65.6 Å². The van der Waals surface area contributed by atoms with E-state index in [2.05, 4.69) is 4.90 Å². The number of carbonyl (C=O) groups is 3. The molecule has 0 aliphatic carbocycles. The molecule has 5 aliphatic heterocycles. The quantitative estimate of drug-likeness (QED) is 0.468. The van der Waals surface area contributed by atoms with Crippen LogP contribution in [0.15, 0.2) is 24.3 Å². The summed E-state index contributed by atoms with van der Waals surface area (Å²) in [5.74, 6) is -2.09. The number of amides is 3. The van der Waals surface area contributed by atoms with E-state index in [0.29, 0.717) is 39.4 Å². The van der Waals surface area contributed by atoms with Crippen molar-refractivity contribution >= 4 is 17.7 Å². The Morgan fingerprint density at radius 1 is 1.03 bits per heavy atom. The number of morpholine rings is 1. The molecule has 5 heterocycles. The molecule has 3 saturated heterocycles. The third-order valence-corrected chi connectivity index (χ3v) is 8.29. The standard InChI is InChI=1S/C26H38N4O6/c1-3-8-28-9-4-6-19-20(23(28)32)21-24(33)30(18(2)17-31)22-25(34)29(10-5-7-26(21,22)36-19)12-11-27-13-15-35-16-14-27/h4-7,18-22,31H,3,8-17H2,1-2H3/t18-,19-,20+,21+,22?,26+/m1/s1. The number of aliphatic hydroxyl groups excluding tert-OH is 1. The largest absolute Gasteiger partial charge is 0.394 e. The highest BCUT2D eigenvalue weighted by molar-refractivity contribution is 6.00. The Bertz CT molecular complexity index is 933. The van der Waals surface area contributed by atoms with Gasteiger partial charge in [0, 0.05) is 45.8 Å². The Labute approximate surface area is 212 Å². The fourth-order valence-corrected chi connectivity index (χ4v) is 6.50. The van der Waals surface area contributed by atoms with Crippen molar-refractivity contribution in [3.05, 3.63) is 24.3 Å². The molecule has 6 atom stereocenters. The summed E-state index contributed by atoms with van der Waals surface area (Å²) < 4.78 is 12.0. The van der Waals surface area contributed by atoms with Gasteiger partial charge in [0.05, 0.1) is 43.8 Å². The lowest BCUT2D eigenvalue weighted by molar-refractivity contribution is -0.151. The fourth-order valence-electron chi connectivity index (χ4n) is 6.50. The van der Waals surface area contributed by atoms with Gasteiger partial charge in [0.2, 0.25) is 17.7 Å². The molecule has 0 bridgehead atoms. The van der Waals surface area contributed by atoms with Crippen molar-refractivity contribution in [1.29, 1.82) is 0 Å². The molecule has 3 fully saturated rings. The van der Waals surface area contributed by atoms with E-state index in [9.17, 15) is 19.5 Å². The van der Waals surface area contributed by atoms with Gasteiger partial charge in [0.15, 0.2) is 0 Å². The van der Waals surface area contributed by atoms with Crippen LogP contribution in [0.3, 0.4) is 0 Å². The number of hydrogen-bond acceptors (Lipinski definition) is 7. The van der Waals surface area contributed by atoms with E-state index in [1.165, 1.54) is 4.90 Å². The molecule has 5 rings (SSSR count). The lowest BCUT2D eigenvalue weighted by Gasteiger charge is -2.38. The van der Waals surface area contributed by atoms with E-state index in [1.807, 2.05) is 31.2 Å². The number of likely N-dealkylation sites (tertiary alicyclic amines) is 1. The van der Waals surface area contributed by atoms with Crippen LogP contribution in [-0.4, -0.2) is 132 Å². The predicted molar refractivity (Wildman–Crippen MR) is 131 cm³/mol. The van der Waals surface area contributed by atoms with E-state index < -0.39 is 35.6 Å². The predicted octanol–water partition coefficient (Wildman–Crippen LogP) is -0.513. The molecule has 10 nitrogen and oxygen atoms in total. The number of carbonyl (C=O) groups excluding carboxylic acids is 3. The van der Waals surface area contributed by atoms with Gasteiger partial charge >= 0.3 is 0 Å². The van der Waals surface area contributed by atoms with E-state index in [1.54, 1.807) is 16.7 Å². The van der Waals surface area contributed by atoms with Gasteiger partial charge in [-0.1, -0.05) is 31.2 Å². The molecule has 0 radical (unpaired) electrons. The Morgan fingerprint density at radius 2 is 1.75 bits per heavy atom. The minimum atomic E-state index is -1.24. The number of fused-ring (bicyclic) bond motifs is 2. The summed E-state index contributed by atoms with van der Waals surface area (Å²) in [4.78, 5) is 49.1. The molecule has 3 amide bonds. The normalized spacial score (nSPS) is 35.5. The monoisotopic (exact) mass is 502 g/mol. The smallest absolute Gasteiger partial charge is 0.249 e. The first-order valence-corrected chi connectivity index (χ1v) is 13.3. The SMILES string of the molecule is CCCN1CC=C[C@H]2O[C@]34C=CCN(CCN5CCOCC5)C(=O)C3N([C@H](C)CO)C(=O)[C@@H]4[C@H]2C1=O. The summed E-state index contributed by atoms with van der Waals surface area (Å²) in [6.45, 7) is 9.24. The number of rotatable bonds is 7. The molecule has 0 aromatic heterocycles. The van der Waals surface area contributed by atoms with Gasteiger partial charge in [-0.2, -0.15) is 0 Å². The van der Waals surface area contributed by atoms with Gasteiger partial charge in [-0.15, -0.1) is 0 Å². The maximum Gasteiger partial charge on any atom is 0.249 e. The maximum atomic E-state index is 14.1. The molecule has 0 aromatic rings. The molecule has 198 valence electrons. The van der Waals surface area contributed by atoms with Crippen molar-refractivity contribution in [2.45, 2.75) is 44.1 Å². The molecule has 0 saturated carbocycles. The van der Waals surface area contributed by atoms with Gasteiger partial charge in [0.25, 0.3) is 0 Å². The molecular formula is C26H38N4O6. The molecule has 10 heteroatoms. The maximum absolute atomic E-state index is 14.1. The average Bonchev–Trinajstić information content (AvgIpc) is 3.22. The highest BCUT2D eigenvalue weighted by Gasteiger charge is 2.72. The summed E-state index contributed by atoms with van der Waals surface area (Å²) in [6.07, 6.45) is 7.83. The first kappa shape index (κ1) is 25.4. The van der Waals surface area contributed by atoms with Crippen LogP contribution in [0, 0.1) is 11.8 Å². The minimum Gasteiger partial charge on any atom is -0.394 e. The van der Waals surface area contributed by atoms with E-state index >= 15 is 0 Å². The number of ether oxygens (including phenoxy) is 2. The average molecular weight is 503 g/mol. The van der Waals surface area contributed by atoms with Crippen molar-refractivity contribution in [1.82, 2.24) is 19.6 Å². The Balaban J connectivity index is 1.48.